The van der Waals surface area contributed by atoms with Crippen molar-refractivity contribution in [2.24, 2.45) is 23.7 Å². The summed E-state index contributed by atoms with van der Waals surface area (Å²) in [6.45, 7) is 8.61. The lowest BCUT2D eigenvalue weighted by molar-refractivity contribution is -0.125. The molecule has 22 heavy (non-hydrogen) atoms. The summed E-state index contributed by atoms with van der Waals surface area (Å²) in [7, 11) is 0. The smallest absolute Gasteiger partial charge is 0.150 e. The van der Waals surface area contributed by atoms with Crippen LogP contribution in [0.15, 0.2) is 48.6 Å². The molecule has 0 N–H and O–H groups in total. The van der Waals surface area contributed by atoms with E-state index in [1.54, 1.807) is 0 Å². The third-order valence-corrected chi connectivity index (χ3v) is 8.22. The molecule has 2 rings (SSSR count). The Kier molecular flexibility index (Phi) is 5.38. The molecule has 3 heteroatoms. The maximum Gasteiger partial charge on any atom is 0.150 e. The summed E-state index contributed by atoms with van der Waals surface area (Å²) in [5, 5.41) is 0. The van der Waals surface area contributed by atoms with Gasteiger partial charge in [-0.25, -0.2) is 0 Å². The molecule has 120 valence electrons. The lowest BCUT2D eigenvalue weighted by Gasteiger charge is -2.42. The third kappa shape index (κ3) is 2.99. The zero-order chi connectivity index (χ0) is 16.5. The number of halogens is 2. The number of carbonyl (C=O) groups is 1. The number of allylic oxidation sites excluding steroid dienone is 8. The minimum Gasteiger partial charge on any atom is -0.298 e. The Morgan fingerprint density at radius 3 is 1.50 bits per heavy atom. The topological polar surface area (TPSA) is 17.1 Å². The molecule has 0 aromatic rings. The van der Waals surface area contributed by atoms with Crippen molar-refractivity contribution in [3.63, 3.8) is 0 Å². The summed E-state index contributed by atoms with van der Waals surface area (Å²) < 4.78 is -0.614. The van der Waals surface area contributed by atoms with Gasteiger partial charge in [0.25, 0.3) is 0 Å². The van der Waals surface area contributed by atoms with E-state index in [9.17, 15) is 4.79 Å². The van der Waals surface area contributed by atoms with Crippen LogP contribution in [-0.2, 0) is 4.79 Å². The highest BCUT2D eigenvalue weighted by Crippen LogP contribution is 2.47. The maximum absolute atomic E-state index is 13.4. The summed E-state index contributed by atoms with van der Waals surface area (Å²) in [6, 6.07) is 0. The fraction of sp³-hybridized carbons (Fsp3) is 0.526. The normalized spacial score (nSPS) is 37.3. The number of hydrogen-bond donors (Lipinski definition) is 0. The molecule has 4 unspecified atom stereocenters. The van der Waals surface area contributed by atoms with Crippen molar-refractivity contribution in [2.75, 3.05) is 0 Å². The largest absolute Gasteiger partial charge is 0.298 e. The van der Waals surface area contributed by atoms with Gasteiger partial charge in [0.05, 0.1) is 20.5 Å². The first-order valence-corrected chi connectivity index (χ1v) is 9.45. The first-order chi connectivity index (χ1) is 10.2. The van der Waals surface area contributed by atoms with Crippen LogP contribution >= 0.6 is 31.9 Å². The van der Waals surface area contributed by atoms with E-state index in [0.717, 1.165) is 0 Å². The molecule has 0 fully saturated rings. The van der Waals surface area contributed by atoms with Crippen LogP contribution in [-0.4, -0.2) is 14.4 Å². The van der Waals surface area contributed by atoms with Gasteiger partial charge in [-0.1, -0.05) is 108 Å². The number of ketones is 1. The van der Waals surface area contributed by atoms with Gasteiger partial charge in [-0.05, 0) is 11.8 Å². The number of rotatable bonds is 4. The van der Waals surface area contributed by atoms with Crippen molar-refractivity contribution >= 4 is 37.6 Å². The first-order valence-electron chi connectivity index (χ1n) is 7.87. The molecule has 2 aliphatic carbocycles. The van der Waals surface area contributed by atoms with Crippen molar-refractivity contribution in [1.29, 1.82) is 0 Å². The van der Waals surface area contributed by atoms with Crippen LogP contribution in [0.5, 0.6) is 0 Å². The van der Waals surface area contributed by atoms with E-state index in [2.05, 4.69) is 71.7 Å². The standard InChI is InChI=1S/C19H24Br2O/c1-13(2)18(20)11-7-5-9-15(18)17(22)16-10-6-8-12-19(16,21)14(3)4/h5-16H,1-4H3. The Labute approximate surface area is 150 Å². The van der Waals surface area contributed by atoms with Crippen molar-refractivity contribution in [2.45, 2.75) is 36.3 Å². The highest BCUT2D eigenvalue weighted by atomic mass is 79.9. The number of Topliss-reactive ketones (excluding diaryl/α,β-unsaturated/α-hetero) is 1. The predicted molar refractivity (Wildman–Crippen MR) is 102 cm³/mol. The molecule has 0 aromatic heterocycles. The number of carbonyl (C=O) groups excluding carboxylic acids is 1. The van der Waals surface area contributed by atoms with Crippen molar-refractivity contribution in [3.05, 3.63) is 48.6 Å². The van der Waals surface area contributed by atoms with E-state index < -0.39 is 0 Å². The summed E-state index contributed by atoms with van der Waals surface area (Å²) in [4.78, 5) is 13.4. The summed E-state index contributed by atoms with van der Waals surface area (Å²) in [5.41, 5.74) is 0. The van der Waals surface area contributed by atoms with Crippen LogP contribution in [0.4, 0.5) is 0 Å². The Balaban J connectivity index is 2.38. The van der Waals surface area contributed by atoms with Gasteiger partial charge in [0.2, 0.25) is 0 Å². The fourth-order valence-corrected chi connectivity index (χ4v) is 4.24. The molecule has 0 heterocycles. The molecule has 0 aliphatic heterocycles. The molecule has 4 atom stereocenters. The minimum atomic E-state index is -0.307. The first kappa shape index (κ1) is 17.9. The highest BCUT2D eigenvalue weighted by Gasteiger charge is 2.48. The van der Waals surface area contributed by atoms with Gasteiger partial charge in [-0.3, -0.25) is 4.79 Å². The van der Waals surface area contributed by atoms with E-state index in [0.29, 0.717) is 11.8 Å². The molecule has 0 aromatic carbocycles. The zero-order valence-electron chi connectivity index (χ0n) is 13.6. The van der Waals surface area contributed by atoms with Crippen molar-refractivity contribution < 1.29 is 4.79 Å². The molecule has 0 saturated heterocycles. The zero-order valence-corrected chi connectivity index (χ0v) is 16.8. The minimum absolute atomic E-state index is 0.158. The van der Waals surface area contributed by atoms with Gasteiger partial charge in [0.15, 0.2) is 0 Å². The molecule has 0 amide bonds. The lowest BCUT2D eigenvalue weighted by atomic mass is 9.69. The van der Waals surface area contributed by atoms with Gasteiger partial charge >= 0.3 is 0 Å². The van der Waals surface area contributed by atoms with Crippen LogP contribution in [0.2, 0.25) is 0 Å². The average molecular weight is 428 g/mol. The molecule has 0 bridgehead atoms. The van der Waals surface area contributed by atoms with Gasteiger partial charge in [0, 0.05) is 0 Å². The van der Waals surface area contributed by atoms with Crippen LogP contribution < -0.4 is 0 Å². The number of alkyl halides is 2. The molecular formula is C19H24Br2O. The van der Waals surface area contributed by atoms with Crippen molar-refractivity contribution in [3.8, 4) is 0 Å². The van der Waals surface area contributed by atoms with Crippen LogP contribution in [0.1, 0.15) is 27.7 Å². The number of hydrogen-bond acceptors (Lipinski definition) is 1. The second-order valence-electron chi connectivity index (χ2n) is 6.81. The average Bonchev–Trinajstić information content (AvgIpc) is 2.47. The summed E-state index contributed by atoms with van der Waals surface area (Å²) >= 11 is 7.70. The van der Waals surface area contributed by atoms with Crippen molar-refractivity contribution in [1.82, 2.24) is 0 Å². The lowest BCUT2D eigenvalue weighted by Crippen LogP contribution is -2.48. The van der Waals surface area contributed by atoms with E-state index in [4.69, 9.17) is 0 Å². The van der Waals surface area contributed by atoms with E-state index in [1.165, 1.54) is 0 Å². The monoisotopic (exact) mass is 426 g/mol. The van der Waals surface area contributed by atoms with E-state index in [-0.39, 0.29) is 26.3 Å². The molecule has 1 nitrogen and oxygen atoms in total. The summed E-state index contributed by atoms with van der Waals surface area (Å²) in [6.07, 6.45) is 16.3. The van der Waals surface area contributed by atoms with Crippen LogP contribution in [0, 0.1) is 23.7 Å². The molecule has 0 radical (unpaired) electrons. The van der Waals surface area contributed by atoms with Gasteiger partial charge in [-0.15, -0.1) is 0 Å². The quantitative estimate of drug-likeness (QED) is 0.532. The Hall–Kier alpha value is -0.410. The third-order valence-electron chi connectivity index (χ3n) is 4.87. The fourth-order valence-electron chi connectivity index (χ4n) is 3.18. The Bertz CT molecular complexity index is 508. The second-order valence-corrected chi connectivity index (χ2v) is 9.56. The van der Waals surface area contributed by atoms with E-state index >= 15 is 0 Å². The SMILES string of the molecule is CC(C)C1(Br)C=CC=CC1C(=O)C1C=CC=CC1(Br)C(C)C. The molecule has 2 aliphatic rings. The molecular weight excluding hydrogens is 404 g/mol. The molecule has 0 saturated carbocycles. The van der Waals surface area contributed by atoms with Crippen LogP contribution in [0.25, 0.3) is 0 Å². The Morgan fingerprint density at radius 1 is 0.818 bits per heavy atom. The van der Waals surface area contributed by atoms with E-state index in [1.807, 2.05) is 36.5 Å². The second kappa shape index (κ2) is 6.60. The van der Waals surface area contributed by atoms with Gasteiger partial charge in [0.1, 0.15) is 5.78 Å². The predicted octanol–water partition coefficient (Wildman–Crippen LogP) is 5.62. The van der Waals surface area contributed by atoms with Gasteiger partial charge in [-0.2, -0.15) is 0 Å². The molecule has 0 spiro atoms. The Morgan fingerprint density at radius 2 is 1.18 bits per heavy atom. The van der Waals surface area contributed by atoms with Gasteiger partial charge < -0.3 is 0 Å². The highest BCUT2D eigenvalue weighted by molar-refractivity contribution is 9.10. The maximum atomic E-state index is 13.4. The van der Waals surface area contributed by atoms with Crippen LogP contribution in [0.3, 0.4) is 0 Å². The summed E-state index contributed by atoms with van der Waals surface area (Å²) in [5.74, 6) is 0.602.